The second-order valence-electron chi connectivity index (χ2n) is 5.42. The number of phenols is 1. The van der Waals surface area contributed by atoms with Crippen LogP contribution in [0.5, 0.6) is 5.75 Å². The van der Waals surface area contributed by atoms with Gasteiger partial charge in [-0.2, -0.15) is 0 Å². The highest BCUT2D eigenvalue weighted by atomic mass is 19.1. The molecule has 0 aliphatic heterocycles. The Morgan fingerprint density at radius 1 is 1.04 bits per heavy atom. The van der Waals surface area contributed by atoms with Crippen LogP contribution >= 0.6 is 0 Å². The lowest BCUT2D eigenvalue weighted by Gasteiger charge is -2.09. The molecular formula is C20H19FN2O2. The fourth-order valence-corrected chi connectivity index (χ4v) is 2.30. The Hall–Kier alpha value is -3.21. The minimum Gasteiger partial charge on any atom is -0.508 e. The summed E-state index contributed by atoms with van der Waals surface area (Å²) in [5, 5.41) is 12.0. The van der Waals surface area contributed by atoms with Crippen molar-refractivity contribution in [3.63, 3.8) is 0 Å². The van der Waals surface area contributed by atoms with E-state index in [0.717, 1.165) is 16.7 Å². The van der Waals surface area contributed by atoms with E-state index in [-0.39, 0.29) is 19.1 Å². The number of hydrogen-bond acceptors (Lipinski definition) is 3. The van der Waals surface area contributed by atoms with Crippen molar-refractivity contribution in [1.82, 2.24) is 4.98 Å². The predicted octanol–water partition coefficient (Wildman–Crippen LogP) is 4.79. The molecule has 0 spiro atoms. The number of carbonyl (C=O) groups excluding carboxylic acids is 1. The van der Waals surface area contributed by atoms with Gasteiger partial charge in [0, 0.05) is 23.6 Å². The number of carbonyl (C=O) groups is 1. The second-order valence-corrected chi connectivity index (χ2v) is 5.42. The van der Waals surface area contributed by atoms with Crippen molar-refractivity contribution in [3.05, 3.63) is 77.9 Å². The Bertz CT molecular complexity index is 892. The van der Waals surface area contributed by atoms with E-state index in [1.165, 1.54) is 18.3 Å². The second kappa shape index (κ2) is 7.57. The molecule has 4 nitrogen and oxygen atoms in total. The number of halogens is 1. The maximum absolute atomic E-state index is 13.3. The summed E-state index contributed by atoms with van der Waals surface area (Å²) in [6.45, 7) is 1.79. The number of anilines is 1. The van der Waals surface area contributed by atoms with Crippen LogP contribution in [0.1, 0.15) is 23.3 Å². The van der Waals surface area contributed by atoms with E-state index >= 15 is 0 Å². The lowest BCUT2D eigenvalue weighted by molar-refractivity contribution is 0.102. The first-order chi connectivity index (χ1) is 11.5. The van der Waals surface area contributed by atoms with Gasteiger partial charge >= 0.3 is 0 Å². The maximum Gasteiger partial charge on any atom is 0.257 e. The lowest BCUT2D eigenvalue weighted by Crippen LogP contribution is -2.13. The number of phenolic OH excluding ortho intramolecular Hbond substituents is 1. The van der Waals surface area contributed by atoms with Crippen molar-refractivity contribution in [2.75, 3.05) is 5.32 Å². The lowest BCUT2D eigenvalue weighted by atomic mass is 10.1. The Labute approximate surface area is 146 Å². The number of amides is 1. The van der Waals surface area contributed by atoms with Crippen molar-refractivity contribution in [3.8, 4) is 16.9 Å². The Morgan fingerprint density at radius 2 is 1.76 bits per heavy atom. The molecule has 128 valence electrons. The summed E-state index contributed by atoms with van der Waals surface area (Å²) >= 11 is 0. The van der Waals surface area contributed by atoms with Gasteiger partial charge in [-0.05, 0) is 48.4 Å². The van der Waals surface area contributed by atoms with E-state index in [1.807, 2.05) is 0 Å². The van der Waals surface area contributed by atoms with Crippen LogP contribution in [-0.2, 0) is 0 Å². The van der Waals surface area contributed by atoms with E-state index in [4.69, 9.17) is 0 Å². The van der Waals surface area contributed by atoms with Crippen LogP contribution in [0, 0.1) is 12.7 Å². The molecule has 1 amide bonds. The molecule has 3 rings (SSSR count). The van der Waals surface area contributed by atoms with Crippen molar-refractivity contribution in [2.24, 2.45) is 0 Å². The number of nitrogens with one attached hydrogen (secondary N) is 1. The van der Waals surface area contributed by atoms with Gasteiger partial charge in [-0.1, -0.05) is 25.6 Å². The first kappa shape index (κ1) is 18.1. The zero-order valence-electron chi connectivity index (χ0n) is 13.0. The molecule has 0 unspecified atom stereocenters. The molecule has 1 aromatic heterocycles. The molecule has 2 aromatic carbocycles. The highest BCUT2D eigenvalue weighted by Crippen LogP contribution is 2.23. The zero-order chi connectivity index (χ0) is 17.1. The van der Waals surface area contributed by atoms with Crippen LogP contribution in [0.25, 0.3) is 11.1 Å². The number of rotatable bonds is 3. The topological polar surface area (TPSA) is 62.2 Å². The van der Waals surface area contributed by atoms with Crippen molar-refractivity contribution < 1.29 is 14.3 Å². The van der Waals surface area contributed by atoms with E-state index < -0.39 is 5.82 Å². The van der Waals surface area contributed by atoms with Crippen LogP contribution < -0.4 is 5.32 Å². The van der Waals surface area contributed by atoms with Crippen molar-refractivity contribution in [1.29, 1.82) is 0 Å². The Balaban J connectivity index is 0.00000225. The molecule has 1 heterocycles. The summed E-state index contributed by atoms with van der Waals surface area (Å²) in [6, 6.07) is 12.5. The van der Waals surface area contributed by atoms with E-state index in [2.05, 4.69) is 10.3 Å². The molecule has 0 saturated carbocycles. The minimum atomic E-state index is -0.410. The third-order valence-corrected chi connectivity index (χ3v) is 3.65. The fraction of sp³-hybridized carbons (Fsp3) is 0.100. The van der Waals surface area contributed by atoms with Gasteiger partial charge in [0.1, 0.15) is 11.6 Å². The monoisotopic (exact) mass is 338 g/mol. The third-order valence-electron chi connectivity index (χ3n) is 3.65. The molecule has 0 radical (unpaired) electrons. The third kappa shape index (κ3) is 4.20. The van der Waals surface area contributed by atoms with Gasteiger partial charge in [-0.15, -0.1) is 0 Å². The fourth-order valence-electron chi connectivity index (χ4n) is 2.30. The summed E-state index contributed by atoms with van der Waals surface area (Å²) in [5.74, 6) is -0.606. The molecule has 0 atom stereocenters. The average Bonchev–Trinajstić information content (AvgIpc) is 2.59. The molecule has 0 saturated heterocycles. The van der Waals surface area contributed by atoms with E-state index in [1.54, 1.807) is 49.5 Å². The summed E-state index contributed by atoms with van der Waals surface area (Å²) in [7, 11) is 0. The van der Waals surface area contributed by atoms with E-state index in [0.29, 0.717) is 11.3 Å². The van der Waals surface area contributed by atoms with Gasteiger partial charge < -0.3 is 10.4 Å². The smallest absolute Gasteiger partial charge is 0.257 e. The number of aromatic hydroxyl groups is 1. The van der Waals surface area contributed by atoms with Gasteiger partial charge in [0.15, 0.2) is 0 Å². The standard InChI is InChI=1S/C19H15FN2O2.CH4/c1-12-2-5-16(20)9-18(12)22-19(24)15-8-14(10-21-11-15)13-3-6-17(23)7-4-13;/h2-11,23H,1H3,(H,22,24);1H4. The predicted molar refractivity (Wildman–Crippen MR) is 97.2 cm³/mol. The summed E-state index contributed by atoms with van der Waals surface area (Å²) < 4.78 is 13.3. The molecule has 3 aromatic rings. The maximum atomic E-state index is 13.3. The molecule has 0 fully saturated rings. The quantitative estimate of drug-likeness (QED) is 0.722. The zero-order valence-corrected chi connectivity index (χ0v) is 13.0. The summed E-state index contributed by atoms with van der Waals surface area (Å²) in [4.78, 5) is 16.5. The molecular weight excluding hydrogens is 319 g/mol. The van der Waals surface area contributed by atoms with Gasteiger partial charge in [0.05, 0.1) is 5.56 Å². The van der Waals surface area contributed by atoms with Crippen molar-refractivity contribution in [2.45, 2.75) is 14.4 Å². The van der Waals surface area contributed by atoms with Gasteiger partial charge in [-0.25, -0.2) is 4.39 Å². The van der Waals surface area contributed by atoms with Gasteiger partial charge in [0.25, 0.3) is 5.91 Å². The number of aromatic nitrogens is 1. The average molecular weight is 338 g/mol. The van der Waals surface area contributed by atoms with Crippen LogP contribution in [0.2, 0.25) is 0 Å². The van der Waals surface area contributed by atoms with Crippen LogP contribution in [0.3, 0.4) is 0 Å². The molecule has 0 aliphatic carbocycles. The highest BCUT2D eigenvalue weighted by molar-refractivity contribution is 6.05. The van der Waals surface area contributed by atoms with Crippen LogP contribution in [-0.4, -0.2) is 16.0 Å². The van der Waals surface area contributed by atoms with Crippen LogP contribution in [0.15, 0.2) is 60.9 Å². The molecule has 0 aliphatic rings. The number of aryl methyl sites for hydroxylation is 1. The SMILES string of the molecule is C.Cc1ccc(F)cc1NC(=O)c1cncc(-c2ccc(O)cc2)c1. The first-order valence-corrected chi connectivity index (χ1v) is 7.35. The number of hydrogen-bond donors (Lipinski definition) is 2. The highest BCUT2D eigenvalue weighted by Gasteiger charge is 2.10. The normalized spacial score (nSPS) is 10.0. The number of benzene rings is 2. The molecule has 0 bridgehead atoms. The van der Waals surface area contributed by atoms with Gasteiger partial charge in [0.2, 0.25) is 0 Å². The van der Waals surface area contributed by atoms with Crippen molar-refractivity contribution >= 4 is 11.6 Å². The van der Waals surface area contributed by atoms with Gasteiger partial charge in [-0.3, -0.25) is 9.78 Å². The van der Waals surface area contributed by atoms with Crippen LogP contribution in [0.4, 0.5) is 10.1 Å². The Kier molecular flexibility index (Phi) is 5.49. The molecule has 25 heavy (non-hydrogen) atoms. The Morgan fingerprint density at radius 3 is 2.48 bits per heavy atom. The van der Waals surface area contributed by atoms with E-state index in [9.17, 15) is 14.3 Å². The number of nitrogens with zero attached hydrogens (tertiary/aromatic N) is 1. The summed E-state index contributed by atoms with van der Waals surface area (Å²) in [5.41, 5.74) is 3.14. The number of pyridine rings is 1. The first-order valence-electron chi connectivity index (χ1n) is 7.35. The minimum absolute atomic E-state index is 0. The summed E-state index contributed by atoms with van der Waals surface area (Å²) in [6.07, 6.45) is 3.09. The largest absolute Gasteiger partial charge is 0.508 e. The molecule has 2 N–H and O–H groups in total. The molecule has 5 heteroatoms.